The molecule has 4 nitrogen and oxygen atoms in total. The summed E-state index contributed by atoms with van der Waals surface area (Å²) in [5.41, 5.74) is 8.37. The van der Waals surface area contributed by atoms with E-state index in [0.29, 0.717) is 12.3 Å². The molecule has 0 unspecified atom stereocenters. The third-order valence-corrected chi connectivity index (χ3v) is 4.55. The van der Waals surface area contributed by atoms with E-state index in [2.05, 4.69) is 9.69 Å². The number of fused-ring (bicyclic) bond motifs is 1. The quantitative estimate of drug-likeness (QED) is 0.884. The number of amides is 1. The Morgan fingerprint density at radius 2 is 2.28 bits per heavy atom. The topological polar surface area (TPSA) is 68.0 Å². The van der Waals surface area contributed by atoms with Crippen molar-refractivity contribution in [3.05, 3.63) is 29.1 Å². The summed E-state index contributed by atoms with van der Waals surface area (Å²) in [5.74, 6) is 0.533. The summed E-state index contributed by atoms with van der Waals surface area (Å²) in [6.07, 6.45) is 0. The van der Waals surface area contributed by atoms with Gasteiger partial charge in [0, 0.05) is 21.9 Å². The highest BCUT2D eigenvalue weighted by molar-refractivity contribution is 8.00. The van der Waals surface area contributed by atoms with Gasteiger partial charge in [0.05, 0.1) is 17.1 Å². The molecule has 0 bridgehead atoms. The second kappa shape index (κ2) is 4.72. The lowest BCUT2D eigenvalue weighted by molar-refractivity contribution is -0.113. The van der Waals surface area contributed by atoms with E-state index in [-0.39, 0.29) is 5.91 Å². The molecule has 1 aliphatic heterocycles. The normalized spacial score (nSPS) is 14.2. The van der Waals surface area contributed by atoms with Crippen LogP contribution in [-0.4, -0.2) is 16.0 Å². The second-order valence-corrected chi connectivity index (χ2v) is 5.84. The number of nitrogens with zero attached hydrogens (tertiary/aromatic N) is 1. The molecule has 0 spiro atoms. The maximum atomic E-state index is 11.4. The van der Waals surface area contributed by atoms with Gasteiger partial charge in [0.25, 0.3) is 0 Å². The number of carbonyl (C=O) groups is 1. The molecule has 2 heterocycles. The van der Waals surface area contributed by atoms with Crippen LogP contribution in [-0.2, 0) is 11.3 Å². The Morgan fingerprint density at radius 3 is 3.06 bits per heavy atom. The van der Waals surface area contributed by atoms with Crippen molar-refractivity contribution in [1.82, 2.24) is 4.37 Å². The van der Waals surface area contributed by atoms with Crippen molar-refractivity contribution in [1.29, 1.82) is 0 Å². The second-order valence-electron chi connectivity index (χ2n) is 3.93. The summed E-state index contributed by atoms with van der Waals surface area (Å²) >= 11 is 2.98. The molecule has 0 radical (unpaired) electrons. The van der Waals surface area contributed by atoms with Crippen LogP contribution in [0.5, 0.6) is 0 Å². The average molecular weight is 277 g/mol. The third kappa shape index (κ3) is 2.14. The van der Waals surface area contributed by atoms with Crippen molar-refractivity contribution < 1.29 is 4.79 Å². The highest BCUT2D eigenvalue weighted by Crippen LogP contribution is 2.34. The van der Waals surface area contributed by atoms with Gasteiger partial charge in [-0.05, 0) is 29.7 Å². The van der Waals surface area contributed by atoms with Crippen LogP contribution in [0.2, 0.25) is 0 Å². The zero-order valence-electron chi connectivity index (χ0n) is 9.47. The Balaban J connectivity index is 1.98. The molecule has 0 aliphatic carbocycles. The van der Waals surface area contributed by atoms with Crippen LogP contribution in [0.1, 0.15) is 4.88 Å². The van der Waals surface area contributed by atoms with E-state index < -0.39 is 0 Å². The van der Waals surface area contributed by atoms with Crippen molar-refractivity contribution in [2.24, 2.45) is 5.73 Å². The molecule has 1 aromatic heterocycles. The summed E-state index contributed by atoms with van der Waals surface area (Å²) in [6, 6.07) is 8.01. The molecule has 3 rings (SSSR count). The lowest BCUT2D eigenvalue weighted by Crippen LogP contribution is -2.18. The first-order valence-electron chi connectivity index (χ1n) is 5.49. The molecule has 1 amide bonds. The van der Waals surface area contributed by atoms with Gasteiger partial charge in [-0.3, -0.25) is 4.79 Å². The first-order valence-corrected chi connectivity index (χ1v) is 7.25. The van der Waals surface area contributed by atoms with E-state index >= 15 is 0 Å². The molecule has 0 atom stereocenters. The molecular formula is C12H11N3OS2. The Morgan fingerprint density at radius 1 is 1.39 bits per heavy atom. The average Bonchev–Trinajstić information content (AvgIpc) is 2.86. The molecule has 18 heavy (non-hydrogen) atoms. The smallest absolute Gasteiger partial charge is 0.234 e. The van der Waals surface area contributed by atoms with E-state index in [1.807, 2.05) is 24.3 Å². The van der Waals surface area contributed by atoms with E-state index in [1.165, 1.54) is 11.5 Å². The predicted octanol–water partition coefficient (Wildman–Crippen LogP) is 2.31. The number of hydrogen-bond donors (Lipinski definition) is 2. The number of carbonyl (C=O) groups excluding carboxylic acids is 1. The van der Waals surface area contributed by atoms with E-state index in [9.17, 15) is 4.79 Å². The summed E-state index contributed by atoms with van der Waals surface area (Å²) in [6.45, 7) is 0.509. The lowest BCUT2D eigenvalue weighted by atomic mass is 10.1. The Bertz CT molecular complexity index is 609. The summed E-state index contributed by atoms with van der Waals surface area (Å²) in [5, 5.41) is 2.88. The zero-order chi connectivity index (χ0) is 12.5. The molecule has 6 heteroatoms. The number of benzene rings is 1. The van der Waals surface area contributed by atoms with E-state index in [4.69, 9.17) is 5.73 Å². The monoisotopic (exact) mass is 277 g/mol. The molecule has 0 fully saturated rings. The minimum atomic E-state index is 0.0468. The summed E-state index contributed by atoms with van der Waals surface area (Å²) < 4.78 is 4.37. The molecule has 1 aliphatic rings. The van der Waals surface area contributed by atoms with Crippen molar-refractivity contribution in [3.63, 3.8) is 0 Å². The molecule has 92 valence electrons. The van der Waals surface area contributed by atoms with Crippen LogP contribution in [0.4, 0.5) is 5.69 Å². The fourth-order valence-corrected chi connectivity index (χ4v) is 3.19. The van der Waals surface area contributed by atoms with Crippen LogP contribution in [0.3, 0.4) is 0 Å². The summed E-state index contributed by atoms with van der Waals surface area (Å²) in [7, 11) is 0. The highest BCUT2D eigenvalue weighted by atomic mass is 32.2. The fraction of sp³-hybridized carbons (Fsp3) is 0.167. The molecule has 2 aromatic rings. The maximum Gasteiger partial charge on any atom is 0.234 e. The van der Waals surface area contributed by atoms with Crippen LogP contribution < -0.4 is 11.1 Å². The Kier molecular flexibility index (Phi) is 3.07. The van der Waals surface area contributed by atoms with Crippen LogP contribution in [0.15, 0.2) is 29.2 Å². The van der Waals surface area contributed by atoms with Crippen molar-refractivity contribution in [2.75, 3.05) is 11.1 Å². The van der Waals surface area contributed by atoms with Crippen LogP contribution in [0, 0.1) is 0 Å². The Labute approximate surface area is 113 Å². The number of nitrogens with two attached hydrogens (primary N) is 1. The van der Waals surface area contributed by atoms with Crippen molar-refractivity contribution in [3.8, 4) is 11.3 Å². The van der Waals surface area contributed by atoms with E-state index in [0.717, 1.165) is 26.7 Å². The molecule has 3 N–H and O–H groups in total. The van der Waals surface area contributed by atoms with E-state index in [1.54, 1.807) is 11.8 Å². The molecule has 1 aromatic carbocycles. The molecular weight excluding hydrogens is 266 g/mol. The van der Waals surface area contributed by atoms with Crippen LogP contribution in [0.25, 0.3) is 11.3 Å². The number of aromatic nitrogens is 1. The van der Waals surface area contributed by atoms with Gasteiger partial charge in [0.15, 0.2) is 0 Å². The van der Waals surface area contributed by atoms with Gasteiger partial charge < -0.3 is 11.1 Å². The Hall–Kier alpha value is -1.37. The fourth-order valence-electron chi connectivity index (χ4n) is 1.79. The largest absolute Gasteiger partial charge is 0.326 e. The van der Waals surface area contributed by atoms with Crippen LogP contribution >= 0.6 is 23.3 Å². The highest BCUT2D eigenvalue weighted by Gasteiger charge is 2.16. The van der Waals surface area contributed by atoms with Crippen molar-refractivity contribution >= 4 is 34.9 Å². The number of anilines is 1. The minimum Gasteiger partial charge on any atom is -0.326 e. The molecule has 0 saturated carbocycles. The van der Waals surface area contributed by atoms with Crippen molar-refractivity contribution in [2.45, 2.75) is 11.4 Å². The van der Waals surface area contributed by atoms with Gasteiger partial charge in [-0.1, -0.05) is 6.07 Å². The zero-order valence-corrected chi connectivity index (χ0v) is 11.1. The first-order chi connectivity index (χ1) is 8.76. The van der Waals surface area contributed by atoms with Gasteiger partial charge in [-0.15, -0.1) is 11.8 Å². The van der Waals surface area contributed by atoms with Gasteiger partial charge in [-0.25, -0.2) is 0 Å². The lowest BCUT2D eigenvalue weighted by Gasteiger charge is -2.16. The number of nitrogens with one attached hydrogen (secondary N) is 1. The SMILES string of the molecule is NCc1cc(-c2ccc3c(c2)NC(=O)CS3)ns1. The predicted molar refractivity (Wildman–Crippen MR) is 74.8 cm³/mol. The minimum absolute atomic E-state index is 0.0468. The third-order valence-electron chi connectivity index (χ3n) is 2.67. The number of rotatable bonds is 2. The van der Waals surface area contributed by atoms with Gasteiger partial charge >= 0.3 is 0 Å². The summed E-state index contributed by atoms with van der Waals surface area (Å²) in [4.78, 5) is 13.5. The van der Waals surface area contributed by atoms with Gasteiger partial charge in [0.1, 0.15) is 0 Å². The van der Waals surface area contributed by atoms with Gasteiger partial charge in [0.2, 0.25) is 5.91 Å². The van der Waals surface area contributed by atoms with Gasteiger partial charge in [-0.2, -0.15) is 4.37 Å². The number of hydrogen-bond acceptors (Lipinski definition) is 5. The molecule has 0 saturated heterocycles. The maximum absolute atomic E-state index is 11.4. The first kappa shape index (κ1) is 11.7. The number of thioether (sulfide) groups is 1. The standard InChI is InChI=1S/C12H11N3OS2/c13-5-8-4-9(15-18-8)7-1-2-11-10(3-7)14-12(16)6-17-11/h1-4H,5-6,13H2,(H,14,16).